The van der Waals surface area contributed by atoms with Gasteiger partial charge in [-0.2, -0.15) is 0 Å². The molecular weight excluding hydrogens is 873 g/mol. The summed E-state index contributed by atoms with van der Waals surface area (Å²) in [6.45, 7) is 9.34. The van der Waals surface area contributed by atoms with Crippen LogP contribution in [0.15, 0.2) is 218 Å². The van der Waals surface area contributed by atoms with Gasteiger partial charge in [0.15, 0.2) is 0 Å². The fourth-order valence-electron chi connectivity index (χ4n) is 12.8. The van der Waals surface area contributed by atoms with Crippen LogP contribution in [-0.2, 0) is 10.8 Å². The molecule has 0 atom stereocenters. The quantitative estimate of drug-likeness (QED) is 0.172. The van der Waals surface area contributed by atoms with Crippen molar-refractivity contribution in [3.8, 4) is 72.8 Å². The molecular formula is C68H48N4. The molecule has 0 saturated carbocycles. The fraction of sp³-hybridized carbons (Fsp3) is 0.0882. The lowest BCUT2D eigenvalue weighted by molar-refractivity contribution is 0.660. The summed E-state index contributed by atoms with van der Waals surface area (Å²) in [4.78, 5) is 13.6. The second-order valence-electron chi connectivity index (χ2n) is 21.0. The molecule has 3 aliphatic rings. The lowest BCUT2D eigenvalue weighted by Gasteiger charge is -2.33. The van der Waals surface area contributed by atoms with Gasteiger partial charge in [0.05, 0.1) is 33.8 Å². The lowest BCUT2D eigenvalue weighted by atomic mass is 9.82. The Morgan fingerprint density at radius 2 is 0.875 bits per heavy atom. The molecule has 0 radical (unpaired) electrons. The molecule has 0 saturated heterocycles. The van der Waals surface area contributed by atoms with Gasteiger partial charge < -0.3 is 0 Å². The molecule has 15 rings (SSSR count). The van der Waals surface area contributed by atoms with Crippen molar-refractivity contribution in [2.24, 2.45) is 0 Å². The molecule has 340 valence electrons. The van der Waals surface area contributed by atoms with Crippen LogP contribution in [0.2, 0.25) is 0 Å². The highest BCUT2D eigenvalue weighted by molar-refractivity contribution is 6.19. The van der Waals surface area contributed by atoms with Crippen molar-refractivity contribution in [3.63, 3.8) is 0 Å². The van der Waals surface area contributed by atoms with Gasteiger partial charge in [-0.05, 0) is 133 Å². The number of aromatic nitrogens is 3. The summed E-state index contributed by atoms with van der Waals surface area (Å²) in [5.41, 5.74) is 23.7. The van der Waals surface area contributed by atoms with Crippen molar-refractivity contribution in [1.29, 1.82) is 0 Å². The Bertz CT molecular complexity index is 4280. The normalized spacial score (nSPS) is 14.3. The Balaban J connectivity index is 0.947. The highest BCUT2D eigenvalue weighted by Crippen LogP contribution is 2.54. The first-order valence-corrected chi connectivity index (χ1v) is 25.1. The van der Waals surface area contributed by atoms with E-state index in [0.717, 1.165) is 56.6 Å². The first kappa shape index (κ1) is 41.0. The zero-order chi connectivity index (χ0) is 48.0. The number of hydrogen-bond donors (Lipinski definition) is 0. The summed E-state index contributed by atoms with van der Waals surface area (Å²) in [6, 6.07) is 80.3. The van der Waals surface area contributed by atoms with Gasteiger partial charge in [0, 0.05) is 43.7 Å². The van der Waals surface area contributed by atoms with E-state index in [0.29, 0.717) is 0 Å². The molecule has 72 heavy (non-hydrogen) atoms. The molecule has 1 aliphatic heterocycles. The summed E-state index contributed by atoms with van der Waals surface area (Å²) in [5.74, 6) is 1.74. The van der Waals surface area contributed by atoms with Crippen LogP contribution in [0.3, 0.4) is 0 Å². The van der Waals surface area contributed by atoms with Crippen LogP contribution in [0.4, 0.5) is 17.2 Å². The molecule has 0 fully saturated rings. The van der Waals surface area contributed by atoms with Crippen molar-refractivity contribution in [2.45, 2.75) is 38.5 Å². The van der Waals surface area contributed by atoms with Crippen molar-refractivity contribution < 1.29 is 0 Å². The Kier molecular flexibility index (Phi) is 8.44. The number of anilines is 3. The van der Waals surface area contributed by atoms with Crippen molar-refractivity contribution >= 4 is 49.8 Å². The number of rotatable bonds is 5. The van der Waals surface area contributed by atoms with Crippen LogP contribution in [0.1, 0.15) is 49.9 Å². The Morgan fingerprint density at radius 3 is 1.56 bits per heavy atom. The number of fused-ring (bicyclic) bond motifs is 11. The van der Waals surface area contributed by atoms with Crippen LogP contribution in [0, 0.1) is 0 Å². The van der Waals surface area contributed by atoms with Gasteiger partial charge in [-0.15, -0.1) is 0 Å². The minimum Gasteiger partial charge on any atom is -0.294 e. The summed E-state index contributed by atoms with van der Waals surface area (Å²) >= 11 is 0. The van der Waals surface area contributed by atoms with E-state index >= 15 is 0 Å². The molecule has 0 spiro atoms. The Labute approximate surface area is 419 Å². The minimum atomic E-state index is -0.0665. The monoisotopic (exact) mass is 920 g/mol. The van der Waals surface area contributed by atoms with Crippen molar-refractivity contribution in [1.82, 2.24) is 14.5 Å². The van der Waals surface area contributed by atoms with Crippen molar-refractivity contribution in [3.05, 3.63) is 241 Å². The zero-order valence-corrected chi connectivity index (χ0v) is 40.6. The Hall–Kier alpha value is -8.86. The van der Waals surface area contributed by atoms with Crippen LogP contribution >= 0.6 is 0 Å². The maximum atomic E-state index is 5.59. The SMILES string of the molecule is CC1(C)c2ccccc2-c2cc(-c3cccc(N4c5cc6c(cc5-c5cccc7cccc4c57)c4cc(-c5ccccc5)ccc4n6-c4cccc(-c5ccc6c(c5)-c5ccccc5C6(C)C)n4)n3)ccc21. The molecule has 12 aromatic rings. The van der Waals surface area contributed by atoms with Gasteiger partial charge in [0.1, 0.15) is 11.6 Å². The van der Waals surface area contributed by atoms with E-state index < -0.39 is 0 Å². The molecule has 3 aromatic heterocycles. The van der Waals surface area contributed by atoms with Crippen LogP contribution in [0.5, 0.6) is 0 Å². The first-order chi connectivity index (χ1) is 35.2. The van der Waals surface area contributed by atoms with Gasteiger partial charge >= 0.3 is 0 Å². The third kappa shape index (κ3) is 5.75. The highest BCUT2D eigenvalue weighted by Gasteiger charge is 2.37. The molecule has 0 unspecified atom stereocenters. The van der Waals surface area contributed by atoms with E-state index in [2.05, 4.69) is 256 Å². The summed E-state index contributed by atoms with van der Waals surface area (Å²) in [5, 5.41) is 4.77. The molecule has 4 nitrogen and oxygen atoms in total. The third-order valence-electron chi connectivity index (χ3n) is 16.3. The smallest absolute Gasteiger partial charge is 0.138 e. The van der Waals surface area contributed by atoms with E-state index in [9.17, 15) is 0 Å². The molecule has 0 bridgehead atoms. The average Bonchev–Trinajstić information content (AvgIpc) is 3.96. The number of benzene rings is 9. The van der Waals surface area contributed by atoms with E-state index in [1.807, 2.05) is 0 Å². The predicted octanol–water partition coefficient (Wildman–Crippen LogP) is 17.8. The second kappa shape index (κ2) is 14.8. The predicted molar refractivity (Wildman–Crippen MR) is 299 cm³/mol. The van der Waals surface area contributed by atoms with Crippen LogP contribution < -0.4 is 4.90 Å². The molecule has 0 amide bonds. The number of nitrogens with zero attached hydrogens (tertiary/aromatic N) is 4. The second-order valence-corrected chi connectivity index (χ2v) is 21.0. The molecule has 9 aromatic carbocycles. The summed E-state index contributed by atoms with van der Waals surface area (Å²) in [7, 11) is 0. The van der Waals surface area contributed by atoms with Gasteiger partial charge in [0.25, 0.3) is 0 Å². The Morgan fingerprint density at radius 1 is 0.333 bits per heavy atom. The first-order valence-electron chi connectivity index (χ1n) is 25.1. The topological polar surface area (TPSA) is 34.0 Å². The standard InChI is InChI=1S/C68H48N4/c1-67(2)54-23-10-8-20-46(54)49-37-44(30-33-56(49)67)58-25-14-28-64(69-58)71-60-35-32-43(41-16-6-5-7-17-41)36-51(60)53-39-52-48-22-12-18-42-19-13-27-61(66(42)48)72(62(52)40-63(53)71)65-29-15-26-59(70-65)45-31-34-57-50(38-45)47-21-9-11-24-55(47)68(57,3)4/h5-40H,1-4H3. The molecule has 4 heteroatoms. The highest BCUT2D eigenvalue weighted by atomic mass is 15.2. The van der Waals surface area contributed by atoms with Crippen LogP contribution in [-0.4, -0.2) is 14.5 Å². The fourth-order valence-corrected chi connectivity index (χ4v) is 12.8. The zero-order valence-electron chi connectivity index (χ0n) is 40.6. The molecule has 0 N–H and O–H groups in total. The maximum Gasteiger partial charge on any atom is 0.138 e. The van der Waals surface area contributed by atoms with Gasteiger partial charge in [-0.25, -0.2) is 9.97 Å². The molecule has 4 heterocycles. The maximum absolute atomic E-state index is 5.59. The minimum absolute atomic E-state index is 0.0663. The van der Waals surface area contributed by atoms with Gasteiger partial charge in [-0.1, -0.05) is 179 Å². The van der Waals surface area contributed by atoms with E-state index in [4.69, 9.17) is 9.97 Å². The average molecular weight is 921 g/mol. The largest absolute Gasteiger partial charge is 0.294 e. The number of pyridine rings is 2. The van der Waals surface area contributed by atoms with Gasteiger partial charge in [-0.3, -0.25) is 9.47 Å². The third-order valence-corrected chi connectivity index (χ3v) is 16.3. The van der Waals surface area contributed by atoms with E-state index in [1.165, 1.54) is 88.3 Å². The van der Waals surface area contributed by atoms with E-state index in [1.54, 1.807) is 0 Å². The van der Waals surface area contributed by atoms with Crippen LogP contribution in [0.25, 0.3) is 105 Å². The number of hydrogen-bond acceptors (Lipinski definition) is 3. The van der Waals surface area contributed by atoms with E-state index in [-0.39, 0.29) is 10.8 Å². The summed E-state index contributed by atoms with van der Waals surface area (Å²) in [6.07, 6.45) is 0. The van der Waals surface area contributed by atoms with Gasteiger partial charge in [0.2, 0.25) is 0 Å². The lowest BCUT2D eigenvalue weighted by Crippen LogP contribution is -2.16. The summed E-state index contributed by atoms with van der Waals surface area (Å²) < 4.78 is 2.38. The van der Waals surface area contributed by atoms with Crippen molar-refractivity contribution in [2.75, 3.05) is 4.90 Å². The molecule has 2 aliphatic carbocycles.